The first-order valence-corrected chi connectivity index (χ1v) is 6.40. The molecule has 0 atom stereocenters. The van der Waals surface area contributed by atoms with Crippen molar-refractivity contribution in [2.75, 3.05) is 18.6 Å². The molecule has 0 heterocycles. The zero-order valence-corrected chi connectivity index (χ0v) is 11.3. The van der Waals surface area contributed by atoms with Crippen LogP contribution in [-0.4, -0.2) is 24.7 Å². The van der Waals surface area contributed by atoms with Crippen LogP contribution in [0.15, 0.2) is 54.6 Å². The number of rotatable bonds is 5. The van der Waals surface area contributed by atoms with E-state index in [1.165, 1.54) is 4.90 Å². The predicted molar refractivity (Wildman–Crippen MR) is 78.1 cm³/mol. The SMILES string of the molecule is CN(C(=O)CCOc1ccccc1)c1cccc(O)c1. The summed E-state index contributed by atoms with van der Waals surface area (Å²) in [6.07, 6.45) is 0.279. The van der Waals surface area contributed by atoms with Crippen LogP contribution in [0.2, 0.25) is 0 Å². The van der Waals surface area contributed by atoms with Crippen LogP contribution in [0.1, 0.15) is 6.42 Å². The molecule has 0 bridgehead atoms. The number of amides is 1. The highest BCUT2D eigenvalue weighted by Crippen LogP contribution is 2.19. The number of benzene rings is 2. The van der Waals surface area contributed by atoms with Crippen LogP contribution < -0.4 is 9.64 Å². The highest BCUT2D eigenvalue weighted by atomic mass is 16.5. The summed E-state index contributed by atoms with van der Waals surface area (Å²) in [7, 11) is 1.68. The van der Waals surface area contributed by atoms with E-state index < -0.39 is 0 Å². The minimum atomic E-state index is -0.0634. The number of hydrogen-bond donors (Lipinski definition) is 1. The number of phenolic OH excluding ortho intramolecular Hbond substituents is 1. The van der Waals surface area contributed by atoms with E-state index in [9.17, 15) is 9.90 Å². The van der Waals surface area contributed by atoms with Crippen LogP contribution >= 0.6 is 0 Å². The van der Waals surface area contributed by atoms with Crippen molar-refractivity contribution < 1.29 is 14.6 Å². The number of phenols is 1. The molecule has 0 aliphatic heterocycles. The van der Waals surface area contributed by atoms with Crippen molar-refractivity contribution in [3.8, 4) is 11.5 Å². The quantitative estimate of drug-likeness (QED) is 0.909. The van der Waals surface area contributed by atoms with Gasteiger partial charge in [-0.05, 0) is 24.3 Å². The molecule has 2 aromatic carbocycles. The molecule has 4 heteroatoms. The second-order valence-corrected chi connectivity index (χ2v) is 4.38. The summed E-state index contributed by atoms with van der Waals surface area (Å²) in [5.41, 5.74) is 0.662. The second-order valence-electron chi connectivity index (χ2n) is 4.38. The fraction of sp³-hybridized carbons (Fsp3) is 0.188. The average molecular weight is 271 g/mol. The number of hydrogen-bond acceptors (Lipinski definition) is 3. The molecule has 104 valence electrons. The maximum atomic E-state index is 12.0. The fourth-order valence-electron chi connectivity index (χ4n) is 1.79. The Hall–Kier alpha value is -2.49. The van der Waals surface area contributed by atoms with Gasteiger partial charge in [0, 0.05) is 18.8 Å². The Bertz CT molecular complexity index is 569. The minimum absolute atomic E-state index is 0.0634. The number of carbonyl (C=O) groups is 1. The van der Waals surface area contributed by atoms with Gasteiger partial charge in [0.1, 0.15) is 11.5 Å². The number of para-hydroxylation sites is 1. The van der Waals surface area contributed by atoms with E-state index in [0.717, 1.165) is 5.75 Å². The molecule has 0 fully saturated rings. The lowest BCUT2D eigenvalue weighted by Crippen LogP contribution is -2.27. The third kappa shape index (κ3) is 3.75. The molecule has 0 saturated heterocycles. The number of aromatic hydroxyl groups is 1. The highest BCUT2D eigenvalue weighted by molar-refractivity contribution is 5.93. The molecule has 1 amide bonds. The van der Waals surface area contributed by atoms with Gasteiger partial charge in [-0.15, -0.1) is 0 Å². The molecule has 20 heavy (non-hydrogen) atoms. The van der Waals surface area contributed by atoms with E-state index in [1.54, 1.807) is 31.3 Å². The molecular formula is C16H17NO3. The summed E-state index contributed by atoms with van der Waals surface area (Å²) in [4.78, 5) is 13.5. The summed E-state index contributed by atoms with van der Waals surface area (Å²) in [5.74, 6) is 0.828. The Morgan fingerprint density at radius 2 is 1.90 bits per heavy atom. The smallest absolute Gasteiger partial charge is 0.230 e. The van der Waals surface area contributed by atoms with E-state index in [2.05, 4.69) is 0 Å². The average Bonchev–Trinajstić information content (AvgIpc) is 2.47. The number of ether oxygens (including phenoxy) is 1. The first-order chi connectivity index (χ1) is 9.66. The molecule has 0 spiro atoms. The summed E-state index contributed by atoms with van der Waals surface area (Å²) in [5, 5.41) is 9.41. The van der Waals surface area contributed by atoms with Crippen LogP contribution in [0.25, 0.3) is 0 Å². The van der Waals surface area contributed by atoms with Crippen molar-refractivity contribution in [3.05, 3.63) is 54.6 Å². The van der Waals surface area contributed by atoms with E-state index in [-0.39, 0.29) is 18.1 Å². The molecule has 0 radical (unpaired) electrons. The second kappa shape index (κ2) is 6.61. The highest BCUT2D eigenvalue weighted by Gasteiger charge is 2.11. The van der Waals surface area contributed by atoms with Gasteiger partial charge in [-0.3, -0.25) is 4.79 Å². The van der Waals surface area contributed by atoms with E-state index in [1.807, 2.05) is 30.3 Å². The third-order valence-corrected chi connectivity index (χ3v) is 2.92. The van der Waals surface area contributed by atoms with Crippen molar-refractivity contribution in [3.63, 3.8) is 0 Å². The Morgan fingerprint density at radius 3 is 2.60 bits per heavy atom. The summed E-state index contributed by atoms with van der Waals surface area (Å²) in [6.45, 7) is 0.325. The lowest BCUT2D eigenvalue weighted by Gasteiger charge is -2.17. The van der Waals surface area contributed by atoms with Gasteiger partial charge in [0.25, 0.3) is 0 Å². The van der Waals surface area contributed by atoms with E-state index in [0.29, 0.717) is 12.3 Å². The summed E-state index contributed by atoms with van der Waals surface area (Å²) >= 11 is 0. The van der Waals surface area contributed by atoms with Crippen molar-refractivity contribution in [2.24, 2.45) is 0 Å². The van der Waals surface area contributed by atoms with E-state index >= 15 is 0 Å². The summed E-state index contributed by atoms with van der Waals surface area (Å²) < 4.78 is 5.49. The maximum Gasteiger partial charge on any atom is 0.230 e. The largest absolute Gasteiger partial charge is 0.508 e. The Labute approximate surface area is 118 Å². The zero-order valence-electron chi connectivity index (χ0n) is 11.3. The van der Waals surface area contributed by atoms with Gasteiger partial charge in [0.05, 0.1) is 13.0 Å². The Kier molecular flexibility index (Phi) is 4.60. The van der Waals surface area contributed by atoms with Crippen LogP contribution in [0.3, 0.4) is 0 Å². The molecule has 4 nitrogen and oxygen atoms in total. The molecule has 0 aliphatic carbocycles. The Balaban J connectivity index is 1.85. The van der Waals surface area contributed by atoms with Crippen LogP contribution in [-0.2, 0) is 4.79 Å². The fourth-order valence-corrected chi connectivity index (χ4v) is 1.79. The molecule has 1 N–H and O–H groups in total. The third-order valence-electron chi connectivity index (χ3n) is 2.92. The minimum Gasteiger partial charge on any atom is -0.508 e. The van der Waals surface area contributed by atoms with Gasteiger partial charge in [0.15, 0.2) is 0 Å². The first kappa shape index (κ1) is 13.9. The van der Waals surface area contributed by atoms with Gasteiger partial charge in [-0.25, -0.2) is 0 Å². The van der Waals surface area contributed by atoms with Crippen molar-refractivity contribution in [1.82, 2.24) is 0 Å². The molecule has 0 aromatic heterocycles. The van der Waals surface area contributed by atoms with Crippen LogP contribution in [0, 0.1) is 0 Å². The van der Waals surface area contributed by atoms with Gasteiger partial charge >= 0.3 is 0 Å². The maximum absolute atomic E-state index is 12.0. The zero-order chi connectivity index (χ0) is 14.4. The summed E-state index contributed by atoms with van der Waals surface area (Å²) in [6, 6.07) is 16.0. The Morgan fingerprint density at radius 1 is 1.15 bits per heavy atom. The topological polar surface area (TPSA) is 49.8 Å². The van der Waals surface area contributed by atoms with E-state index in [4.69, 9.17) is 4.74 Å². The standard InChI is InChI=1S/C16H17NO3/c1-17(13-6-5-7-14(18)12-13)16(19)10-11-20-15-8-3-2-4-9-15/h2-9,12,18H,10-11H2,1H3. The molecule has 2 rings (SSSR count). The number of carbonyl (C=O) groups excluding carboxylic acids is 1. The van der Waals surface area contributed by atoms with Crippen LogP contribution in [0.5, 0.6) is 11.5 Å². The van der Waals surface area contributed by atoms with Gasteiger partial charge in [0.2, 0.25) is 5.91 Å². The predicted octanol–water partition coefficient (Wildman–Crippen LogP) is 2.82. The monoisotopic (exact) mass is 271 g/mol. The first-order valence-electron chi connectivity index (χ1n) is 6.40. The van der Waals surface area contributed by atoms with Crippen molar-refractivity contribution >= 4 is 11.6 Å². The normalized spacial score (nSPS) is 10.1. The lowest BCUT2D eigenvalue weighted by atomic mass is 10.2. The molecule has 0 saturated carbocycles. The molecule has 0 unspecified atom stereocenters. The molecule has 2 aromatic rings. The molecular weight excluding hydrogens is 254 g/mol. The van der Waals surface area contributed by atoms with Crippen molar-refractivity contribution in [1.29, 1.82) is 0 Å². The number of nitrogens with zero attached hydrogens (tertiary/aromatic N) is 1. The van der Waals surface area contributed by atoms with Crippen LogP contribution in [0.4, 0.5) is 5.69 Å². The molecule has 0 aliphatic rings. The van der Waals surface area contributed by atoms with Gasteiger partial charge < -0.3 is 14.7 Å². The number of anilines is 1. The lowest BCUT2D eigenvalue weighted by molar-refractivity contribution is -0.118. The van der Waals surface area contributed by atoms with Gasteiger partial charge in [-0.1, -0.05) is 24.3 Å². The van der Waals surface area contributed by atoms with Gasteiger partial charge in [-0.2, -0.15) is 0 Å². The van der Waals surface area contributed by atoms with Crippen molar-refractivity contribution in [2.45, 2.75) is 6.42 Å².